The summed E-state index contributed by atoms with van der Waals surface area (Å²) in [7, 11) is 1.73. The summed E-state index contributed by atoms with van der Waals surface area (Å²) in [5.74, 6) is 0. The molecule has 0 heterocycles. The minimum absolute atomic E-state index is 0.692. The number of unbranched alkanes of at least 4 members (excludes halogenated alkanes) is 5. The molecule has 0 aliphatic heterocycles. The summed E-state index contributed by atoms with van der Waals surface area (Å²) < 4.78 is 5.09. The van der Waals surface area contributed by atoms with E-state index >= 15 is 0 Å². The summed E-state index contributed by atoms with van der Waals surface area (Å²) in [5, 5.41) is 3.46. The lowest BCUT2D eigenvalue weighted by molar-refractivity contribution is 0.185. The summed E-state index contributed by atoms with van der Waals surface area (Å²) >= 11 is 0. The Labute approximate surface area is 112 Å². The Hall–Kier alpha value is -1.02. The monoisotopic (exact) mass is 249 g/mol. The van der Waals surface area contributed by atoms with E-state index in [2.05, 4.69) is 36.5 Å². The molecule has 1 N–H and O–H groups in total. The molecular weight excluding hydrogens is 222 g/mol. The maximum atomic E-state index is 5.09. The summed E-state index contributed by atoms with van der Waals surface area (Å²) in [5.41, 5.74) is 2.44. The fraction of sp³-hybridized carbons (Fsp3) is 0.625. The van der Waals surface area contributed by atoms with Gasteiger partial charge in [0, 0.05) is 19.3 Å². The molecule has 102 valence electrons. The van der Waals surface area contributed by atoms with Gasteiger partial charge in [-0.3, -0.25) is 0 Å². The Balaban J connectivity index is 2.08. The van der Waals surface area contributed by atoms with Crippen LogP contribution in [0.3, 0.4) is 0 Å². The minimum Gasteiger partial charge on any atom is -0.385 e. The number of nitrogens with one attached hydrogen (secondary N) is 1. The van der Waals surface area contributed by atoms with Crippen molar-refractivity contribution in [3.05, 3.63) is 29.8 Å². The number of hydrogen-bond donors (Lipinski definition) is 1. The molecule has 1 rings (SSSR count). The Morgan fingerprint density at radius 1 is 0.944 bits per heavy atom. The van der Waals surface area contributed by atoms with Crippen LogP contribution in [0.4, 0.5) is 5.69 Å². The second kappa shape index (κ2) is 9.95. The van der Waals surface area contributed by atoms with Gasteiger partial charge in [-0.2, -0.15) is 0 Å². The lowest BCUT2D eigenvalue weighted by Crippen LogP contribution is -2.01. The van der Waals surface area contributed by atoms with Gasteiger partial charge in [-0.1, -0.05) is 51.2 Å². The van der Waals surface area contributed by atoms with Crippen molar-refractivity contribution in [1.82, 2.24) is 0 Å². The molecule has 0 spiro atoms. The molecule has 0 fully saturated rings. The molecule has 0 aromatic heterocycles. The summed E-state index contributed by atoms with van der Waals surface area (Å²) in [6.45, 7) is 4.03. The molecule has 0 saturated carbocycles. The standard InChI is InChI=1S/C16H27NO/c1-3-4-5-6-7-8-13-17-16-11-9-15(10-12-16)14-18-2/h9-12,17H,3-8,13-14H2,1-2H3. The van der Waals surface area contributed by atoms with Crippen LogP contribution in [-0.4, -0.2) is 13.7 Å². The SMILES string of the molecule is CCCCCCCCNc1ccc(COC)cc1. The van der Waals surface area contributed by atoms with Gasteiger partial charge in [0.1, 0.15) is 0 Å². The van der Waals surface area contributed by atoms with Gasteiger partial charge in [0.05, 0.1) is 6.61 Å². The number of ether oxygens (including phenoxy) is 1. The van der Waals surface area contributed by atoms with Crippen LogP contribution in [0, 0.1) is 0 Å². The molecule has 0 unspecified atom stereocenters. The normalized spacial score (nSPS) is 10.6. The highest BCUT2D eigenvalue weighted by molar-refractivity contribution is 5.44. The lowest BCUT2D eigenvalue weighted by atomic mass is 10.1. The molecule has 0 saturated heterocycles. The van der Waals surface area contributed by atoms with Crippen LogP contribution in [0.5, 0.6) is 0 Å². The van der Waals surface area contributed by atoms with Crippen molar-refractivity contribution >= 4 is 5.69 Å². The quantitative estimate of drug-likeness (QED) is 0.612. The van der Waals surface area contributed by atoms with Crippen LogP contribution in [0.2, 0.25) is 0 Å². The molecule has 2 nitrogen and oxygen atoms in total. The van der Waals surface area contributed by atoms with Crippen LogP contribution in [0.25, 0.3) is 0 Å². The highest BCUT2D eigenvalue weighted by atomic mass is 16.5. The molecule has 0 aliphatic rings. The summed E-state index contributed by atoms with van der Waals surface area (Å²) in [6.07, 6.45) is 8.09. The minimum atomic E-state index is 0.692. The molecule has 0 bridgehead atoms. The van der Waals surface area contributed by atoms with Crippen LogP contribution >= 0.6 is 0 Å². The van der Waals surface area contributed by atoms with Gasteiger partial charge in [0.15, 0.2) is 0 Å². The van der Waals surface area contributed by atoms with Crippen molar-refractivity contribution in [1.29, 1.82) is 0 Å². The van der Waals surface area contributed by atoms with E-state index in [1.54, 1.807) is 7.11 Å². The van der Waals surface area contributed by atoms with Crippen LogP contribution in [-0.2, 0) is 11.3 Å². The average Bonchev–Trinajstić information content (AvgIpc) is 2.40. The Kier molecular flexibility index (Phi) is 8.32. The maximum Gasteiger partial charge on any atom is 0.0713 e. The highest BCUT2D eigenvalue weighted by Gasteiger charge is 1.94. The maximum absolute atomic E-state index is 5.09. The molecule has 18 heavy (non-hydrogen) atoms. The van der Waals surface area contributed by atoms with Crippen molar-refractivity contribution in [3.8, 4) is 0 Å². The molecule has 1 aromatic rings. The van der Waals surface area contributed by atoms with Crippen molar-refractivity contribution in [2.45, 2.75) is 52.1 Å². The lowest BCUT2D eigenvalue weighted by Gasteiger charge is -2.07. The predicted molar refractivity (Wildman–Crippen MR) is 79.0 cm³/mol. The second-order valence-corrected chi connectivity index (χ2v) is 4.82. The van der Waals surface area contributed by atoms with E-state index < -0.39 is 0 Å². The van der Waals surface area contributed by atoms with E-state index in [0.717, 1.165) is 6.54 Å². The largest absolute Gasteiger partial charge is 0.385 e. The van der Waals surface area contributed by atoms with Gasteiger partial charge in [-0.05, 0) is 24.1 Å². The van der Waals surface area contributed by atoms with E-state index in [9.17, 15) is 0 Å². The molecule has 0 radical (unpaired) electrons. The number of methoxy groups -OCH3 is 1. The molecule has 0 amide bonds. The van der Waals surface area contributed by atoms with Gasteiger partial charge in [-0.25, -0.2) is 0 Å². The first kappa shape index (κ1) is 15.0. The fourth-order valence-electron chi connectivity index (χ4n) is 2.02. The van der Waals surface area contributed by atoms with E-state index in [-0.39, 0.29) is 0 Å². The van der Waals surface area contributed by atoms with E-state index in [0.29, 0.717) is 6.61 Å². The summed E-state index contributed by atoms with van der Waals surface area (Å²) in [6, 6.07) is 8.50. The first-order valence-corrected chi connectivity index (χ1v) is 7.18. The smallest absolute Gasteiger partial charge is 0.0713 e. The molecule has 1 aromatic carbocycles. The van der Waals surface area contributed by atoms with Crippen molar-refractivity contribution < 1.29 is 4.74 Å². The first-order chi connectivity index (χ1) is 8.86. The van der Waals surface area contributed by atoms with E-state index in [1.807, 2.05) is 0 Å². The predicted octanol–water partition coefficient (Wildman–Crippen LogP) is 4.61. The Morgan fingerprint density at radius 2 is 1.61 bits per heavy atom. The third-order valence-electron chi connectivity index (χ3n) is 3.12. The first-order valence-electron chi connectivity index (χ1n) is 7.18. The zero-order valence-corrected chi connectivity index (χ0v) is 11.9. The van der Waals surface area contributed by atoms with Crippen molar-refractivity contribution in [2.75, 3.05) is 19.0 Å². The van der Waals surface area contributed by atoms with Gasteiger partial charge in [0.25, 0.3) is 0 Å². The molecular formula is C16H27NO. The van der Waals surface area contributed by atoms with E-state index in [4.69, 9.17) is 4.74 Å². The molecule has 0 aliphatic carbocycles. The molecule has 2 heteroatoms. The van der Waals surface area contributed by atoms with Crippen molar-refractivity contribution in [2.24, 2.45) is 0 Å². The van der Waals surface area contributed by atoms with Gasteiger partial charge < -0.3 is 10.1 Å². The molecule has 0 atom stereocenters. The van der Waals surface area contributed by atoms with Gasteiger partial charge >= 0.3 is 0 Å². The average molecular weight is 249 g/mol. The third kappa shape index (κ3) is 6.65. The number of benzene rings is 1. The fourth-order valence-corrected chi connectivity index (χ4v) is 2.02. The van der Waals surface area contributed by atoms with Gasteiger partial charge in [-0.15, -0.1) is 0 Å². The Morgan fingerprint density at radius 3 is 2.28 bits per heavy atom. The zero-order valence-electron chi connectivity index (χ0n) is 11.9. The van der Waals surface area contributed by atoms with E-state index in [1.165, 1.54) is 49.8 Å². The Bertz CT molecular complexity index is 294. The number of anilines is 1. The number of hydrogen-bond acceptors (Lipinski definition) is 2. The number of rotatable bonds is 10. The van der Waals surface area contributed by atoms with Crippen LogP contribution < -0.4 is 5.32 Å². The highest BCUT2D eigenvalue weighted by Crippen LogP contribution is 2.11. The van der Waals surface area contributed by atoms with Crippen LogP contribution in [0.1, 0.15) is 51.0 Å². The van der Waals surface area contributed by atoms with Crippen LogP contribution in [0.15, 0.2) is 24.3 Å². The summed E-state index contributed by atoms with van der Waals surface area (Å²) in [4.78, 5) is 0. The van der Waals surface area contributed by atoms with Gasteiger partial charge in [0.2, 0.25) is 0 Å². The third-order valence-corrected chi connectivity index (χ3v) is 3.12. The van der Waals surface area contributed by atoms with Crippen molar-refractivity contribution in [3.63, 3.8) is 0 Å². The zero-order chi connectivity index (χ0) is 13.1. The second-order valence-electron chi connectivity index (χ2n) is 4.82. The topological polar surface area (TPSA) is 21.3 Å².